The van der Waals surface area contributed by atoms with Crippen molar-refractivity contribution in [2.24, 2.45) is 0 Å². The molecule has 0 unspecified atom stereocenters. The fourth-order valence-electron chi connectivity index (χ4n) is 8.20. The topological polar surface area (TPSA) is 0 Å². The molecule has 0 radical (unpaired) electrons. The molecule has 0 atom stereocenters. The van der Waals surface area contributed by atoms with Gasteiger partial charge in [-0.3, -0.25) is 0 Å². The van der Waals surface area contributed by atoms with Crippen molar-refractivity contribution >= 4 is 43.1 Å². The summed E-state index contributed by atoms with van der Waals surface area (Å²) in [5, 5.41) is 10.1. The van der Waals surface area contributed by atoms with E-state index in [4.69, 9.17) is 0 Å². The largest absolute Gasteiger partial charge is 0.0616 e. The molecule has 0 spiro atoms. The molecule has 0 aliphatic heterocycles. The maximum absolute atomic E-state index is 2.41. The first-order valence-electron chi connectivity index (χ1n) is 18.4. The van der Waals surface area contributed by atoms with Crippen molar-refractivity contribution in [2.45, 2.75) is 6.92 Å². The third-order valence-electron chi connectivity index (χ3n) is 10.9. The minimum atomic E-state index is 1.22. The molecule has 248 valence electrons. The number of aryl methyl sites for hydroxylation is 1. The quantitative estimate of drug-likeness (QED) is 0.160. The predicted octanol–water partition coefficient (Wildman–Crippen LogP) is 14.9. The second-order valence-corrected chi connectivity index (χ2v) is 14.2. The Morgan fingerprint density at radius 3 is 1.17 bits per heavy atom. The van der Waals surface area contributed by atoms with E-state index in [1.54, 1.807) is 0 Å². The van der Waals surface area contributed by atoms with Gasteiger partial charge in [-0.15, -0.1) is 0 Å². The lowest BCUT2D eigenvalue weighted by atomic mass is 9.84. The van der Waals surface area contributed by atoms with Gasteiger partial charge < -0.3 is 0 Å². The molecular formula is C53H36. The SMILES string of the molecule is Cc1cccc(-c2ccc3c(-c4ccc(-c5ccc6ccccc6c5)cc4)c4ccccc4c(-c4ccc(-c5ccc6ccccc6c5)cc4)c3c2)c1. The van der Waals surface area contributed by atoms with Crippen LogP contribution in [0, 0.1) is 6.92 Å². The fraction of sp³-hybridized carbons (Fsp3) is 0.0189. The number of hydrogen-bond acceptors (Lipinski definition) is 0. The van der Waals surface area contributed by atoms with Crippen molar-refractivity contribution in [3.05, 3.63) is 206 Å². The van der Waals surface area contributed by atoms with Crippen LogP contribution in [0.25, 0.3) is 98.7 Å². The van der Waals surface area contributed by atoms with Gasteiger partial charge in [-0.2, -0.15) is 0 Å². The van der Waals surface area contributed by atoms with Gasteiger partial charge in [-0.1, -0.05) is 188 Å². The first-order chi connectivity index (χ1) is 26.2. The molecule has 0 saturated carbocycles. The third-order valence-corrected chi connectivity index (χ3v) is 10.9. The standard InChI is InChI=1S/C53H36/c1-35-9-8-14-42(31-35)47-29-30-50-51(34-47)53(41-25-19-39(20-26-41)46-28-22-37-11-3-5-13-44(37)33-46)49-16-7-6-15-48(49)52(50)40-23-17-38(18-24-40)45-27-21-36-10-2-4-12-43(36)32-45/h2-34H,1H3. The van der Waals surface area contributed by atoms with Crippen LogP contribution in [0.4, 0.5) is 0 Å². The van der Waals surface area contributed by atoms with Gasteiger partial charge in [0.05, 0.1) is 0 Å². The van der Waals surface area contributed by atoms with Crippen LogP contribution in [-0.4, -0.2) is 0 Å². The van der Waals surface area contributed by atoms with Crippen LogP contribution in [0.15, 0.2) is 200 Å². The molecule has 0 aliphatic carbocycles. The van der Waals surface area contributed by atoms with Gasteiger partial charge in [0.15, 0.2) is 0 Å². The lowest BCUT2D eigenvalue weighted by Gasteiger charge is -2.19. The molecule has 0 amide bonds. The minimum Gasteiger partial charge on any atom is -0.0616 e. The van der Waals surface area contributed by atoms with Gasteiger partial charge in [0.1, 0.15) is 0 Å². The minimum absolute atomic E-state index is 1.22. The van der Waals surface area contributed by atoms with Gasteiger partial charge in [0, 0.05) is 0 Å². The average Bonchev–Trinajstić information content (AvgIpc) is 3.22. The van der Waals surface area contributed by atoms with Gasteiger partial charge >= 0.3 is 0 Å². The summed E-state index contributed by atoms with van der Waals surface area (Å²) in [5.41, 5.74) is 13.6. The van der Waals surface area contributed by atoms with Crippen molar-refractivity contribution in [3.63, 3.8) is 0 Å². The zero-order chi connectivity index (χ0) is 35.3. The Balaban J connectivity index is 1.16. The highest BCUT2D eigenvalue weighted by Gasteiger charge is 2.18. The van der Waals surface area contributed by atoms with E-state index in [0.717, 1.165) is 0 Å². The van der Waals surface area contributed by atoms with Crippen molar-refractivity contribution in [1.29, 1.82) is 0 Å². The number of fused-ring (bicyclic) bond motifs is 4. The summed E-state index contributed by atoms with van der Waals surface area (Å²) in [7, 11) is 0. The zero-order valence-corrected chi connectivity index (χ0v) is 29.6. The van der Waals surface area contributed by atoms with Crippen molar-refractivity contribution in [3.8, 4) is 55.6 Å². The normalized spacial score (nSPS) is 11.5. The van der Waals surface area contributed by atoms with E-state index in [1.165, 1.54) is 104 Å². The first-order valence-corrected chi connectivity index (χ1v) is 18.4. The molecule has 53 heavy (non-hydrogen) atoms. The fourth-order valence-corrected chi connectivity index (χ4v) is 8.20. The molecule has 10 aromatic carbocycles. The molecule has 0 saturated heterocycles. The maximum Gasteiger partial charge on any atom is -0.00261 e. The Labute approximate surface area is 310 Å². The maximum atomic E-state index is 2.41. The molecular weight excluding hydrogens is 637 g/mol. The Bertz CT molecular complexity index is 2980. The van der Waals surface area contributed by atoms with E-state index in [0.29, 0.717) is 0 Å². The van der Waals surface area contributed by atoms with Crippen molar-refractivity contribution in [2.75, 3.05) is 0 Å². The average molecular weight is 673 g/mol. The summed E-state index contributed by atoms with van der Waals surface area (Å²) in [5.74, 6) is 0. The lowest BCUT2D eigenvalue weighted by Crippen LogP contribution is -1.92. The van der Waals surface area contributed by atoms with Crippen molar-refractivity contribution in [1.82, 2.24) is 0 Å². The van der Waals surface area contributed by atoms with E-state index in [1.807, 2.05) is 0 Å². The highest BCUT2D eigenvalue weighted by Crippen LogP contribution is 2.45. The van der Waals surface area contributed by atoms with E-state index in [2.05, 4.69) is 207 Å². The smallest absolute Gasteiger partial charge is 0.00261 e. The highest BCUT2D eigenvalue weighted by molar-refractivity contribution is 6.22. The van der Waals surface area contributed by atoms with Gasteiger partial charge in [0.25, 0.3) is 0 Å². The summed E-state index contributed by atoms with van der Waals surface area (Å²) in [6, 6.07) is 73.8. The van der Waals surface area contributed by atoms with Gasteiger partial charge in [-0.25, -0.2) is 0 Å². The van der Waals surface area contributed by atoms with Gasteiger partial charge in [0.2, 0.25) is 0 Å². The molecule has 0 heteroatoms. The summed E-state index contributed by atoms with van der Waals surface area (Å²) in [6.07, 6.45) is 0. The number of hydrogen-bond donors (Lipinski definition) is 0. The van der Waals surface area contributed by atoms with E-state index < -0.39 is 0 Å². The molecule has 0 heterocycles. The summed E-state index contributed by atoms with van der Waals surface area (Å²) in [6.45, 7) is 2.17. The van der Waals surface area contributed by atoms with Crippen LogP contribution in [0.2, 0.25) is 0 Å². The zero-order valence-electron chi connectivity index (χ0n) is 29.6. The van der Waals surface area contributed by atoms with Crippen molar-refractivity contribution < 1.29 is 0 Å². The molecule has 0 fully saturated rings. The second-order valence-electron chi connectivity index (χ2n) is 14.2. The molecule has 10 aromatic rings. The molecule has 0 nitrogen and oxygen atoms in total. The Kier molecular flexibility index (Phi) is 7.48. The summed E-state index contributed by atoms with van der Waals surface area (Å²) < 4.78 is 0. The monoisotopic (exact) mass is 672 g/mol. The van der Waals surface area contributed by atoms with Crippen LogP contribution >= 0.6 is 0 Å². The Hall–Kier alpha value is -6.76. The molecule has 0 aromatic heterocycles. The van der Waals surface area contributed by atoms with Crippen LogP contribution in [0.3, 0.4) is 0 Å². The van der Waals surface area contributed by atoms with Crippen LogP contribution < -0.4 is 0 Å². The molecule has 10 rings (SSSR count). The first kappa shape index (κ1) is 31.0. The molecule has 0 bridgehead atoms. The van der Waals surface area contributed by atoms with Crippen LogP contribution in [-0.2, 0) is 0 Å². The predicted molar refractivity (Wildman–Crippen MR) is 228 cm³/mol. The van der Waals surface area contributed by atoms with Gasteiger partial charge in [-0.05, 0) is 124 Å². The second kappa shape index (κ2) is 12.8. The highest BCUT2D eigenvalue weighted by atomic mass is 14.2. The number of benzene rings is 10. The van der Waals surface area contributed by atoms with E-state index in [-0.39, 0.29) is 0 Å². The van der Waals surface area contributed by atoms with Crippen LogP contribution in [0.1, 0.15) is 5.56 Å². The van der Waals surface area contributed by atoms with E-state index in [9.17, 15) is 0 Å². The third kappa shape index (κ3) is 5.57. The molecule has 0 aliphatic rings. The van der Waals surface area contributed by atoms with Crippen LogP contribution in [0.5, 0.6) is 0 Å². The number of rotatable bonds is 5. The van der Waals surface area contributed by atoms with E-state index >= 15 is 0 Å². The Morgan fingerprint density at radius 2 is 0.623 bits per heavy atom. The summed E-state index contributed by atoms with van der Waals surface area (Å²) in [4.78, 5) is 0. The lowest BCUT2D eigenvalue weighted by molar-refractivity contribution is 1.47. The summed E-state index contributed by atoms with van der Waals surface area (Å²) >= 11 is 0. The molecule has 0 N–H and O–H groups in total. The Morgan fingerprint density at radius 1 is 0.226 bits per heavy atom.